The molecule has 0 bridgehead atoms. The van der Waals surface area contributed by atoms with Gasteiger partial charge in [-0.15, -0.1) is 8.86 Å². The van der Waals surface area contributed by atoms with Crippen LogP contribution in [0.4, 0.5) is 5.69 Å². The second-order valence-electron chi connectivity index (χ2n) is 5.96. The summed E-state index contributed by atoms with van der Waals surface area (Å²) in [5, 5.41) is 0.904. The predicted molar refractivity (Wildman–Crippen MR) is 121 cm³/mol. The second-order valence-corrected chi connectivity index (χ2v) is 6.50. The van der Waals surface area contributed by atoms with E-state index in [4.69, 9.17) is 4.74 Å². The SMILES string of the molecule is C=C(C(=P)/C=C\N(C)c1ccccc1Oc1ccccc1)/C(C)=C/C=NC. The maximum absolute atomic E-state index is 6.03. The molecule has 27 heavy (non-hydrogen) atoms. The van der Waals surface area contributed by atoms with Crippen LogP contribution in [0.15, 0.2) is 95.7 Å². The lowest BCUT2D eigenvalue weighted by Crippen LogP contribution is -2.10. The van der Waals surface area contributed by atoms with Crippen LogP contribution >= 0.6 is 8.86 Å². The topological polar surface area (TPSA) is 24.8 Å². The van der Waals surface area contributed by atoms with E-state index in [9.17, 15) is 0 Å². The quantitative estimate of drug-likeness (QED) is 0.323. The Morgan fingerprint density at radius 2 is 1.78 bits per heavy atom. The van der Waals surface area contributed by atoms with Crippen molar-refractivity contribution in [1.82, 2.24) is 0 Å². The van der Waals surface area contributed by atoms with Gasteiger partial charge in [0.05, 0.1) is 5.69 Å². The van der Waals surface area contributed by atoms with Crippen LogP contribution < -0.4 is 9.64 Å². The molecule has 0 atom stereocenters. The van der Waals surface area contributed by atoms with Gasteiger partial charge in [-0.25, -0.2) is 0 Å². The van der Waals surface area contributed by atoms with Crippen LogP contribution in [0, 0.1) is 0 Å². The van der Waals surface area contributed by atoms with Gasteiger partial charge in [0.2, 0.25) is 0 Å². The van der Waals surface area contributed by atoms with E-state index in [-0.39, 0.29) is 0 Å². The van der Waals surface area contributed by atoms with Crippen molar-refractivity contribution in [2.75, 3.05) is 19.0 Å². The summed E-state index contributed by atoms with van der Waals surface area (Å²) < 4.78 is 6.03. The van der Waals surface area contributed by atoms with Crippen molar-refractivity contribution in [3.63, 3.8) is 0 Å². The predicted octanol–water partition coefficient (Wildman–Crippen LogP) is 5.95. The van der Waals surface area contributed by atoms with Crippen molar-refractivity contribution in [2.45, 2.75) is 6.92 Å². The monoisotopic (exact) mass is 376 g/mol. The lowest BCUT2D eigenvalue weighted by atomic mass is 10.1. The van der Waals surface area contributed by atoms with E-state index in [0.29, 0.717) is 0 Å². The Kier molecular flexibility index (Phi) is 7.79. The molecule has 3 nitrogen and oxygen atoms in total. The maximum atomic E-state index is 6.03. The van der Waals surface area contributed by atoms with Crippen LogP contribution in [-0.4, -0.2) is 25.6 Å². The molecule has 0 aliphatic heterocycles. The number of rotatable bonds is 8. The van der Waals surface area contributed by atoms with E-state index < -0.39 is 0 Å². The van der Waals surface area contributed by atoms with E-state index in [1.807, 2.05) is 91.8 Å². The summed E-state index contributed by atoms with van der Waals surface area (Å²) >= 11 is 0. The molecule has 0 amide bonds. The third kappa shape index (κ3) is 6.09. The van der Waals surface area contributed by atoms with E-state index in [2.05, 4.69) is 20.4 Å². The van der Waals surface area contributed by atoms with Crippen LogP contribution in [-0.2, 0) is 0 Å². The van der Waals surface area contributed by atoms with Crippen molar-refractivity contribution in [3.8, 4) is 11.5 Å². The minimum absolute atomic E-state index is 0.792. The molecule has 0 aliphatic carbocycles. The fourth-order valence-corrected chi connectivity index (χ4v) is 2.59. The summed E-state index contributed by atoms with van der Waals surface area (Å²) in [5.74, 6) is 1.60. The fraction of sp³-hybridized carbons (Fsp3) is 0.130. The van der Waals surface area contributed by atoms with Gasteiger partial charge in [-0.05, 0) is 54.5 Å². The molecule has 4 heteroatoms. The zero-order chi connectivity index (χ0) is 19.6. The summed E-state index contributed by atoms with van der Waals surface area (Å²) in [7, 11) is 7.38. The number of hydrogen-bond acceptors (Lipinski definition) is 3. The number of hydrogen-bond donors (Lipinski definition) is 0. The van der Waals surface area contributed by atoms with Crippen LogP contribution in [0.25, 0.3) is 0 Å². The Morgan fingerprint density at radius 3 is 2.48 bits per heavy atom. The molecule has 2 aromatic carbocycles. The van der Waals surface area contributed by atoms with Gasteiger partial charge in [0.15, 0.2) is 5.75 Å². The molecule has 0 aliphatic rings. The Hall–Kier alpha value is -2.90. The first-order chi connectivity index (χ1) is 13.0. The Morgan fingerprint density at radius 1 is 1.11 bits per heavy atom. The summed E-state index contributed by atoms with van der Waals surface area (Å²) in [6.07, 6.45) is 7.64. The van der Waals surface area contributed by atoms with Crippen LogP contribution in [0.5, 0.6) is 11.5 Å². The number of aliphatic imine (C=N–C) groups is 1. The van der Waals surface area contributed by atoms with Gasteiger partial charge < -0.3 is 9.64 Å². The average Bonchev–Trinajstić information content (AvgIpc) is 2.70. The maximum Gasteiger partial charge on any atom is 0.151 e. The van der Waals surface area contributed by atoms with E-state index in [1.165, 1.54) is 0 Å². The molecule has 138 valence electrons. The summed E-state index contributed by atoms with van der Waals surface area (Å²) in [6.45, 7) is 6.13. The number of para-hydroxylation sites is 3. The Labute approximate surface area is 164 Å². The third-order valence-electron chi connectivity index (χ3n) is 3.96. The highest BCUT2D eigenvalue weighted by Gasteiger charge is 2.07. The van der Waals surface area contributed by atoms with Crippen LogP contribution in [0.1, 0.15) is 6.92 Å². The third-order valence-corrected chi connectivity index (χ3v) is 4.42. The van der Waals surface area contributed by atoms with Crippen molar-refractivity contribution in [3.05, 3.63) is 90.7 Å². The van der Waals surface area contributed by atoms with Gasteiger partial charge in [0.1, 0.15) is 5.75 Å². The number of nitrogens with zero attached hydrogens (tertiary/aromatic N) is 2. The second kappa shape index (κ2) is 10.3. The molecule has 0 N–H and O–H groups in total. The molecule has 0 radical (unpaired) electrons. The Balaban J connectivity index is 2.14. The number of allylic oxidation sites excluding steroid dienone is 4. The van der Waals surface area contributed by atoms with Gasteiger partial charge in [-0.2, -0.15) is 0 Å². The zero-order valence-corrected chi connectivity index (χ0v) is 17.0. The largest absolute Gasteiger partial charge is 0.455 e. The molecule has 0 fully saturated rings. The molecule has 2 rings (SSSR count). The average molecular weight is 376 g/mol. The lowest BCUT2D eigenvalue weighted by molar-refractivity contribution is 0.483. The molecular weight excluding hydrogens is 351 g/mol. The van der Waals surface area contributed by atoms with Crippen molar-refractivity contribution in [1.29, 1.82) is 0 Å². The molecule has 0 unspecified atom stereocenters. The smallest absolute Gasteiger partial charge is 0.151 e. The van der Waals surface area contributed by atoms with Crippen LogP contribution in [0.3, 0.4) is 0 Å². The van der Waals surface area contributed by atoms with Gasteiger partial charge in [-0.1, -0.05) is 36.9 Å². The van der Waals surface area contributed by atoms with Crippen molar-refractivity contribution >= 4 is 26.1 Å². The molecule has 0 aromatic heterocycles. The normalized spacial score (nSPS) is 11.7. The minimum atomic E-state index is 0.792. The molecular formula is C23H25N2OP. The van der Waals surface area contributed by atoms with E-state index in [0.717, 1.165) is 33.6 Å². The fourth-order valence-electron chi connectivity index (χ4n) is 2.32. The Bertz CT molecular complexity index is 882. The molecule has 2 aromatic rings. The molecule has 0 spiro atoms. The summed E-state index contributed by atoms with van der Waals surface area (Å²) in [4.78, 5) is 5.98. The highest BCUT2D eigenvalue weighted by atomic mass is 31.0. The van der Waals surface area contributed by atoms with Gasteiger partial charge >= 0.3 is 0 Å². The molecule has 0 saturated carbocycles. The van der Waals surface area contributed by atoms with Crippen molar-refractivity contribution in [2.24, 2.45) is 4.99 Å². The van der Waals surface area contributed by atoms with Gasteiger partial charge in [0, 0.05) is 31.8 Å². The zero-order valence-electron chi connectivity index (χ0n) is 16.0. The first-order valence-corrected chi connectivity index (χ1v) is 9.13. The lowest BCUT2D eigenvalue weighted by Gasteiger charge is -2.19. The van der Waals surface area contributed by atoms with E-state index in [1.54, 1.807) is 13.3 Å². The van der Waals surface area contributed by atoms with Crippen molar-refractivity contribution < 1.29 is 4.74 Å². The van der Waals surface area contributed by atoms with E-state index >= 15 is 0 Å². The summed E-state index contributed by atoms with van der Waals surface area (Å²) in [6, 6.07) is 17.7. The number of ether oxygens (including phenoxy) is 1. The molecule has 0 heterocycles. The molecule has 0 saturated heterocycles. The first-order valence-electron chi connectivity index (χ1n) is 8.63. The summed E-state index contributed by atoms with van der Waals surface area (Å²) in [5.41, 5.74) is 2.92. The van der Waals surface area contributed by atoms with Gasteiger partial charge in [0.25, 0.3) is 0 Å². The number of anilines is 1. The first kappa shape index (κ1) is 20.4. The number of benzene rings is 2. The van der Waals surface area contributed by atoms with Crippen LogP contribution in [0.2, 0.25) is 0 Å². The highest BCUT2D eigenvalue weighted by molar-refractivity contribution is 7.23. The minimum Gasteiger partial charge on any atom is -0.455 e. The standard InChI is InChI=1S/C23H25N2OP/c1-18(14-16-24-3)19(2)23(27)15-17-25(4)21-12-8-9-13-22(21)26-20-10-6-5-7-11-20/h5-17,27H,2H2,1,3-4H3/b17-15-,18-14+,24-16?. The van der Waals surface area contributed by atoms with Gasteiger partial charge in [-0.3, -0.25) is 4.99 Å². The highest BCUT2D eigenvalue weighted by Crippen LogP contribution is 2.31.